The Hall–Kier alpha value is -3.90. The third-order valence-corrected chi connectivity index (χ3v) is 5.68. The summed E-state index contributed by atoms with van der Waals surface area (Å²) < 4.78 is 1.83. The lowest BCUT2D eigenvalue weighted by molar-refractivity contribution is -0.119. The van der Waals surface area contributed by atoms with Crippen molar-refractivity contribution in [3.8, 4) is 16.9 Å². The van der Waals surface area contributed by atoms with Crippen molar-refractivity contribution in [3.05, 3.63) is 107 Å². The van der Waals surface area contributed by atoms with Crippen LogP contribution in [0.4, 0.5) is 0 Å². The molecule has 1 N–H and O–H groups in total. The van der Waals surface area contributed by atoms with Crippen LogP contribution in [0.25, 0.3) is 16.9 Å². The molecule has 0 fully saturated rings. The van der Waals surface area contributed by atoms with E-state index < -0.39 is 0 Å². The molecule has 0 aliphatic heterocycles. The lowest BCUT2D eigenvalue weighted by Crippen LogP contribution is -2.26. The molecule has 4 aromatic rings. The molecule has 0 aliphatic rings. The standard InChI is InChI=1S/C27H25ClN4O2/c1-19(33)29-16-20-8-10-22(11-9-20)27(34)31(2)17-23-18-32(25-6-4-3-5-7-25)30-26(23)21-12-14-24(28)15-13-21/h3-15,18H,16-17H2,1-2H3,(H,29,33). The first-order valence-corrected chi connectivity index (χ1v) is 11.3. The molecule has 3 aromatic carbocycles. The average Bonchev–Trinajstić information content (AvgIpc) is 3.27. The van der Waals surface area contributed by atoms with Crippen molar-refractivity contribution in [1.82, 2.24) is 20.0 Å². The third kappa shape index (κ3) is 5.53. The molecular formula is C27H25ClN4O2. The van der Waals surface area contributed by atoms with E-state index >= 15 is 0 Å². The van der Waals surface area contributed by atoms with Gasteiger partial charge in [-0.3, -0.25) is 9.59 Å². The zero-order valence-corrected chi connectivity index (χ0v) is 19.8. The summed E-state index contributed by atoms with van der Waals surface area (Å²) in [5, 5.41) is 8.22. The highest BCUT2D eigenvalue weighted by Crippen LogP contribution is 2.26. The van der Waals surface area contributed by atoms with Gasteiger partial charge in [0.15, 0.2) is 0 Å². The largest absolute Gasteiger partial charge is 0.352 e. The van der Waals surface area contributed by atoms with Gasteiger partial charge in [-0.15, -0.1) is 0 Å². The van der Waals surface area contributed by atoms with Crippen molar-refractivity contribution in [2.45, 2.75) is 20.0 Å². The normalized spacial score (nSPS) is 10.7. The number of rotatable bonds is 7. The molecule has 0 saturated carbocycles. The Kier molecular flexibility index (Phi) is 7.09. The molecule has 0 radical (unpaired) electrons. The van der Waals surface area contributed by atoms with Crippen LogP contribution in [-0.2, 0) is 17.9 Å². The topological polar surface area (TPSA) is 67.2 Å². The minimum atomic E-state index is -0.0967. The van der Waals surface area contributed by atoms with Gasteiger partial charge in [-0.05, 0) is 42.0 Å². The Labute approximate surface area is 203 Å². The van der Waals surface area contributed by atoms with Crippen LogP contribution in [0.1, 0.15) is 28.4 Å². The van der Waals surface area contributed by atoms with E-state index in [1.165, 1.54) is 6.92 Å². The van der Waals surface area contributed by atoms with Crippen LogP contribution in [0.15, 0.2) is 85.1 Å². The molecule has 172 valence electrons. The van der Waals surface area contributed by atoms with Crippen molar-refractivity contribution in [2.75, 3.05) is 7.05 Å². The summed E-state index contributed by atoms with van der Waals surface area (Å²) in [6.45, 7) is 2.30. The highest BCUT2D eigenvalue weighted by molar-refractivity contribution is 6.30. The van der Waals surface area contributed by atoms with Gasteiger partial charge < -0.3 is 10.2 Å². The maximum absolute atomic E-state index is 13.1. The number of amides is 2. The fourth-order valence-corrected chi connectivity index (χ4v) is 3.75. The lowest BCUT2D eigenvalue weighted by Gasteiger charge is -2.17. The van der Waals surface area contributed by atoms with E-state index in [-0.39, 0.29) is 11.8 Å². The van der Waals surface area contributed by atoms with Gasteiger partial charge in [0.05, 0.1) is 11.4 Å². The van der Waals surface area contributed by atoms with Gasteiger partial charge in [-0.25, -0.2) is 4.68 Å². The second kappa shape index (κ2) is 10.4. The molecule has 1 heterocycles. The van der Waals surface area contributed by atoms with E-state index in [0.29, 0.717) is 23.7 Å². The van der Waals surface area contributed by atoms with E-state index in [1.54, 1.807) is 24.1 Å². The molecule has 6 nitrogen and oxygen atoms in total. The smallest absolute Gasteiger partial charge is 0.253 e. The summed E-state index contributed by atoms with van der Waals surface area (Å²) >= 11 is 6.08. The number of hydrogen-bond acceptors (Lipinski definition) is 3. The predicted molar refractivity (Wildman–Crippen MR) is 134 cm³/mol. The molecule has 0 saturated heterocycles. The first-order valence-electron chi connectivity index (χ1n) is 10.9. The number of hydrogen-bond donors (Lipinski definition) is 1. The molecule has 0 bridgehead atoms. The molecule has 4 rings (SSSR count). The van der Waals surface area contributed by atoms with Gasteiger partial charge in [0.25, 0.3) is 5.91 Å². The first kappa shape index (κ1) is 23.3. The van der Waals surface area contributed by atoms with Crippen LogP contribution in [0.2, 0.25) is 5.02 Å². The van der Waals surface area contributed by atoms with E-state index in [9.17, 15) is 9.59 Å². The zero-order chi connectivity index (χ0) is 24.1. The van der Waals surface area contributed by atoms with Crippen LogP contribution in [0.5, 0.6) is 0 Å². The second-order valence-corrected chi connectivity index (χ2v) is 8.49. The van der Waals surface area contributed by atoms with Gasteiger partial charge in [-0.2, -0.15) is 5.10 Å². The third-order valence-electron chi connectivity index (χ3n) is 5.42. The van der Waals surface area contributed by atoms with Gasteiger partial charge in [0, 0.05) is 55.0 Å². The Morgan fingerprint density at radius 2 is 1.65 bits per heavy atom. The van der Waals surface area contributed by atoms with E-state index in [2.05, 4.69) is 5.32 Å². The summed E-state index contributed by atoms with van der Waals surface area (Å²) in [7, 11) is 1.78. The highest BCUT2D eigenvalue weighted by Gasteiger charge is 2.18. The lowest BCUT2D eigenvalue weighted by atomic mass is 10.1. The SMILES string of the molecule is CC(=O)NCc1ccc(C(=O)N(C)Cc2cn(-c3ccccc3)nc2-c2ccc(Cl)cc2)cc1. The number of carbonyl (C=O) groups excluding carboxylic acids is 2. The van der Waals surface area contributed by atoms with Crippen LogP contribution >= 0.6 is 11.6 Å². The molecule has 2 amide bonds. The second-order valence-electron chi connectivity index (χ2n) is 8.06. The van der Waals surface area contributed by atoms with Crippen molar-refractivity contribution in [3.63, 3.8) is 0 Å². The van der Waals surface area contributed by atoms with Gasteiger partial charge >= 0.3 is 0 Å². The van der Waals surface area contributed by atoms with E-state index in [0.717, 1.165) is 28.1 Å². The number of carbonyl (C=O) groups is 2. The average molecular weight is 473 g/mol. The Bertz CT molecular complexity index is 1280. The van der Waals surface area contributed by atoms with Crippen molar-refractivity contribution in [1.29, 1.82) is 0 Å². The van der Waals surface area contributed by atoms with Gasteiger partial charge in [0.1, 0.15) is 0 Å². The quantitative estimate of drug-likeness (QED) is 0.407. The summed E-state index contributed by atoms with van der Waals surface area (Å²) in [5.74, 6) is -0.187. The maximum Gasteiger partial charge on any atom is 0.253 e. The molecule has 0 aliphatic carbocycles. The number of aromatic nitrogens is 2. The molecule has 7 heteroatoms. The number of benzene rings is 3. The summed E-state index contributed by atoms with van der Waals surface area (Å²) in [4.78, 5) is 25.9. The number of para-hydroxylation sites is 1. The fraction of sp³-hybridized carbons (Fsp3) is 0.148. The summed E-state index contributed by atoms with van der Waals surface area (Å²) in [6, 6.07) is 24.6. The van der Waals surface area contributed by atoms with E-state index in [1.807, 2.05) is 77.6 Å². The molecule has 0 atom stereocenters. The minimum absolute atomic E-state index is 0.0903. The molecule has 0 spiro atoms. The summed E-state index contributed by atoms with van der Waals surface area (Å²) in [5.41, 5.74) is 5.10. The van der Waals surface area contributed by atoms with E-state index in [4.69, 9.17) is 16.7 Å². The Morgan fingerprint density at radius 3 is 2.29 bits per heavy atom. The van der Waals surface area contributed by atoms with Gasteiger partial charge in [0.2, 0.25) is 5.91 Å². The maximum atomic E-state index is 13.1. The van der Waals surface area contributed by atoms with Crippen LogP contribution < -0.4 is 5.32 Å². The number of nitrogens with one attached hydrogen (secondary N) is 1. The Balaban J connectivity index is 1.58. The fourth-order valence-electron chi connectivity index (χ4n) is 3.63. The minimum Gasteiger partial charge on any atom is -0.352 e. The predicted octanol–water partition coefficient (Wildman–Crippen LogP) is 5.10. The summed E-state index contributed by atoms with van der Waals surface area (Å²) in [6.07, 6.45) is 1.96. The number of halogens is 1. The Morgan fingerprint density at radius 1 is 0.971 bits per heavy atom. The van der Waals surface area contributed by atoms with Crippen molar-refractivity contribution in [2.24, 2.45) is 0 Å². The first-order chi connectivity index (χ1) is 16.4. The highest BCUT2D eigenvalue weighted by atomic mass is 35.5. The monoisotopic (exact) mass is 472 g/mol. The van der Waals surface area contributed by atoms with Crippen LogP contribution in [-0.4, -0.2) is 33.5 Å². The van der Waals surface area contributed by atoms with Crippen molar-refractivity contribution >= 4 is 23.4 Å². The van der Waals surface area contributed by atoms with Gasteiger partial charge in [-0.1, -0.05) is 54.1 Å². The molecule has 0 unspecified atom stereocenters. The molecule has 1 aromatic heterocycles. The molecular weight excluding hydrogens is 448 g/mol. The van der Waals surface area contributed by atoms with Crippen LogP contribution in [0.3, 0.4) is 0 Å². The zero-order valence-electron chi connectivity index (χ0n) is 19.0. The van der Waals surface area contributed by atoms with Crippen molar-refractivity contribution < 1.29 is 9.59 Å². The number of nitrogens with zero attached hydrogens (tertiary/aromatic N) is 3. The van der Waals surface area contributed by atoms with Crippen LogP contribution in [0, 0.1) is 0 Å². The molecule has 34 heavy (non-hydrogen) atoms.